The number of nitrogens with two attached hydrogens (primary N) is 1. The van der Waals surface area contributed by atoms with Crippen LogP contribution in [0.15, 0.2) is 24.3 Å². The van der Waals surface area contributed by atoms with Crippen molar-refractivity contribution in [3.63, 3.8) is 0 Å². The van der Waals surface area contributed by atoms with Crippen molar-refractivity contribution in [1.82, 2.24) is 4.90 Å². The van der Waals surface area contributed by atoms with Gasteiger partial charge in [0, 0.05) is 24.3 Å². The fourth-order valence-corrected chi connectivity index (χ4v) is 1.67. The average molecular weight is 261 g/mol. The summed E-state index contributed by atoms with van der Waals surface area (Å²) < 4.78 is 5.41. The molecule has 0 saturated heterocycles. The van der Waals surface area contributed by atoms with Crippen LogP contribution in [0.1, 0.15) is 20.3 Å². The molecule has 0 atom stereocenters. The van der Waals surface area contributed by atoms with Gasteiger partial charge in [-0.15, -0.1) is 0 Å². The summed E-state index contributed by atoms with van der Waals surface area (Å²) in [6.45, 7) is 4.20. The molecule has 1 amide bonds. The molecule has 0 aliphatic rings. The molecular formula is C14H19N3O2. The molecule has 0 spiro atoms. The zero-order valence-corrected chi connectivity index (χ0v) is 11.3. The van der Waals surface area contributed by atoms with Crippen LogP contribution < -0.4 is 10.5 Å². The van der Waals surface area contributed by atoms with Gasteiger partial charge in [-0.25, -0.2) is 0 Å². The Morgan fingerprint density at radius 2 is 2.26 bits per heavy atom. The van der Waals surface area contributed by atoms with Crippen LogP contribution in [0.5, 0.6) is 5.75 Å². The first-order valence-corrected chi connectivity index (χ1v) is 6.19. The second-order valence-electron chi connectivity index (χ2n) is 4.45. The zero-order valence-electron chi connectivity index (χ0n) is 11.3. The molecule has 0 radical (unpaired) electrons. The van der Waals surface area contributed by atoms with Gasteiger partial charge >= 0.3 is 0 Å². The first-order chi connectivity index (χ1) is 9.04. The molecule has 0 aromatic heterocycles. The van der Waals surface area contributed by atoms with Gasteiger partial charge < -0.3 is 15.4 Å². The Hall–Kier alpha value is -2.22. The van der Waals surface area contributed by atoms with Crippen LogP contribution in [0.2, 0.25) is 0 Å². The van der Waals surface area contributed by atoms with Crippen LogP contribution in [-0.2, 0) is 4.79 Å². The maximum atomic E-state index is 12.0. The third-order valence-electron chi connectivity index (χ3n) is 2.63. The van der Waals surface area contributed by atoms with Gasteiger partial charge in [0.25, 0.3) is 5.91 Å². The van der Waals surface area contributed by atoms with Gasteiger partial charge in [0.2, 0.25) is 0 Å². The van der Waals surface area contributed by atoms with E-state index < -0.39 is 0 Å². The van der Waals surface area contributed by atoms with E-state index in [1.165, 1.54) is 0 Å². The number of benzene rings is 1. The standard InChI is InChI=1S/C14H19N3O2/c1-11(2)17(8-4-7-15)14(18)10-19-13-6-3-5-12(16)9-13/h3,5-6,9,11H,4,8,10,16H2,1-2H3. The van der Waals surface area contributed by atoms with E-state index in [4.69, 9.17) is 15.7 Å². The minimum atomic E-state index is -0.132. The number of carbonyl (C=O) groups excluding carboxylic acids is 1. The molecule has 0 heterocycles. The number of nitrogens with zero attached hydrogens (tertiary/aromatic N) is 2. The number of amides is 1. The first-order valence-electron chi connectivity index (χ1n) is 6.19. The molecule has 0 saturated carbocycles. The fraction of sp³-hybridized carbons (Fsp3) is 0.429. The van der Waals surface area contributed by atoms with Gasteiger partial charge in [0.05, 0.1) is 12.5 Å². The van der Waals surface area contributed by atoms with Gasteiger partial charge in [0.1, 0.15) is 5.75 Å². The highest BCUT2D eigenvalue weighted by Gasteiger charge is 2.16. The number of nitrogen functional groups attached to an aromatic ring is 1. The lowest BCUT2D eigenvalue weighted by atomic mass is 10.3. The van der Waals surface area contributed by atoms with Crippen LogP contribution in [-0.4, -0.2) is 30.0 Å². The molecule has 0 aliphatic heterocycles. The molecule has 19 heavy (non-hydrogen) atoms. The van der Waals surface area contributed by atoms with E-state index in [0.29, 0.717) is 24.4 Å². The summed E-state index contributed by atoms with van der Waals surface area (Å²) in [5.74, 6) is 0.435. The van der Waals surface area contributed by atoms with Crippen LogP contribution in [0.25, 0.3) is 0 Å². The molecule has 5 heteroatoms. The highest BCUT2D eigenvalue weighted by molar-refractivity contribution is 5.78. The zero-order chi connectivity index (χ0) is 14.3. The van der Waals surface area contributed by atoms with Gasteiger partial charge in [-0.1, -0.05) is 6.07 Å². The van der Waals surface area contributed by atoms with Crippen molar-refractivity contribution < 1.29 is 9.53 Å². The molecule has 0 bridgehead atoms. The summed E-state index contributed by atoms with van der Waals surface area (Å²) in [5, 5.41) is 8.58. The number of carbonyl (C=O) groups is 1. The number of hydrogen-bond donors (Lipinski definition) is 1. The largest absolute Gasteiger partial charge is 0.484 e. The maximum absolute atomic E-state index is 12.0. The van der Waals surface area contributed by atoms with Crippen molar-refractivity contribution in [1.29, 1.82) is 5.26 Å². The van der Waals surface area contributed by atoms with Crippen molar-refractivity contribution in [3.05, 3.63) is 24.3 Å². The Balaban J connectivity index is 2.55. The van der Waals surface area contributed by atoms with Crippen molar-refractivity contribution in [3.8, 4) is 11.8 Å². The van der Waals surface area contributed by atoms with Gasteiger partial charge in [-0.2, -0.15) is 5.26 Å². The third kappa shape index (κ3) is 4.88. The summed E-state index contributed by atoms with van der Waals surface area (Å²) in [7, 11) is 0. The number of rotatable bonds is 6. The normalized spacial score (nSPS) is 10.0. The Morgan fingerprint density at radius 3 is 2.84 bits per heavy atom. The summed E-state index contributed by atoms with van der Waals surface area (Å²) in [6, 6.07) is 9.02. The molecule has 2 N–H and O–H groups in total. The predicted molar refractivity (Wildman–Crippen MR) is 73.4 cm³/mol. The Morgan fingerprint density at radius 1 is 1.53 bits per heavy atom. The summed E-state index contributed by atoms with van der Waals surface area (Å²) >= 11 is 0. The summed E-state index contributed by atoms with van der Waals surface area (Å²) in [6.07, 6.45) is 0.322. The lowest BCUT2D eigenvalue weighted by molar-refractivity contribution is -0.135. The molecule has 0 aliphatic carbocycles. The smallest absolute Gasteiger partial charge is 0.260 e. The van der Waals surface area contributed by atoms with Gasteiger partial charge in [-0.3, -0.25) is 4.79 Å². The highest BCUT2D eigenvalue weighted by atomic mass is 16.5. The van der Waals surface area contributed by atoms with E-state index in [0.717, 1.165) is 0 Å². The Labute approximate surface area is 113 Å². The quantitative estimate of drug-likeness (QED) is 0.792. The molecule has 1 rings (SSSR count). The highest BCUT2D eigenvalue weighted by Crippen LogP contribution is 2.14. The molecule has 0 fully saturated rings. The van der Waals surface area contributed by atoms with Crippen LogP contribution >= 0.6 is 0 Å². The monoisotopic (exact) mass is 261 g/mol. The summed E-state index contributed by atoms with van der Waals surface area (Å²) in [4.78, 5) is 13.6. The average Bonchev–Trinajstić information content (AvgIpc) is 2.36. The molecule has 0 unspecified atom stereocenters. The number of anilines is 1. The second kappa shape index (κ2) is 7.27. The number of ether oxygens (including phenoxy) is 1. The lowest BCUT2D eigenvalue weighted by Crippen LogP contribution is -2.40. The summed E-state index contributed by atoms with van der Waals surface area (Å²) in [5.41, 5.74) is 6.22. The van der Waals surface area contributed by atoms with Crippen molar-refractivity contribution in [2.75, 3.05) is 18.9 Å². The van der Waals surface area contributed by atoms with Crippen LogP contribution in [0.3, 0.4) is 0 Å². The number of hydrogen-bond acceptors (Lipinski definition) is 4. The van der Waals surface area contributed by atoms with Crippen molar-refractivity contribution in [2.24, 2.45) is 0 Å². The Kier molecular flexibility index (Phi) is 5.68. The van der Waals surface area contributed by atoms with E-state index in [1.54, 1.807) is 29.2 Å². The van der Waals surface area contributed by atoms with Crippen molar-refractivity contribution in [2.45, 2.75) is 26.3 Å². The molecule has 5 nitrogen and oxygen atoms in total. The SMILES string of the molecule is CC(C)N(CCC#N)C(=O)COc1cccc(N)c1. The van der Waals surface area contributed by atoms with E-state index in [-0.39, 0.29) is 18.6 Å². The third-order valence-corrected chi connectivity index (χ3v) is 2.63. The van der Waals surface area contributed by atoms with E-state index >= 15 is 0 Å². The Bertz CT molecular complexity index is 466. The topological polar surface area (TPSA) is 79.3 Å². The van der Waals surface area contributed by atoms with Gasteiger partial charge in [0.15, 0.2) is 6.61 Å². The molecule has 102 valence electrons. The van der Waals surface area contributed by atoms with E-state index in [2.05, 4.69) is 0 Å². The maximum Gasteiger partial charge on any atom is 0.260 e. The minimum Gasteiger partial charge on any atom is -0.484 e. The first kappa shape index (κ1) is 14.8. The molecule has 1 aromatic carbocycles. The van der Waals surface area contributed by atoms with Crippen molar-refractivity contribution >= 4 is 11.6 Å². The fourth-order valence-electron chi connectivity index (χ4n) is 1.67. The van der Waals surface area contributed by atoms with Crippen LogP contribution in [0.4, 0.5) is 5.69 Å². The molecule has 1 aromatic rings. The predicted octanol–water partition coefficient (Wildman–Crippen LogP) is 1.80. The van der Waals surface area contributed by atoms with E-state index in [1.807, 2.05) is 19.9 Å². The van der Waals surface area contributed by atoms with E-state index in [9.17, 15) is 4.79 Å². The second-order valence-corrected chi connectivity index (χ2v) is 4.45. The van der Waals surface area contributed by atoms with Gasteiger partial charge in [-0.05, 0) is 26.0 Å². The minimum absolute atomic E-state index is 0.0466. The van der Waals surface area contributed by atoms with Crippen LogP contribution in [0, 0.1) is 11.3 Å². The molecular weight excluding hydrogens is 242 g/mol. The lowest BCUT2D eigenvalue weighted by Gasteiger charge is -2.25. The number of nitriles is 1.